The van der Waals surface area contributed by atoms with Gasteiger partial charge in [0.1, 0.15) is 4.88 Å². The minimum Gasteiger partial charge on any atom is -0.377 e. The van der Waals surface area contributed by atoms with Crippen LogP contribution in [0.3, 0.4) is 0 Å². The van der Waals surface area contributed by atoms with Crippen LogP contribution in [-0.4, -0.2) is 71.7 Å². The average molecular weight is 496 g/mol. The van der Waals surface area contributed by atoms with Gasteiger partial charge in [0.15, 0.2) is 5.13 Å². The number of aromatic nitrogens is 2. The fourth-order valence-electron chi connectivity index (χ4n) is 5.04. The van der Waals surface area contributed by atoms with E-state index in [4.69, 9.17) is 9.72 Å². The molecule has 2 aliphatic heterocycles. The molecule has 8 nitrogen and oxygen atoms in total. The number of nitrogens with zero attached hydrogens (tertiary/aromatic N) is 4. The molecule has 35 heavy (non-hydrogen) atoms. The number of fused-ring (bicyclic) bond motifs is 2. The zero-order chi connectivity index (χ0) is 24.9. The van der Waals surface area contributed by atoms with Crippen molar-refractivity contribution in [2.75, 3.05) is 38.8 Å². The van der Waals surface area contributed by atoms with Crippen molar-refractivity contribution in [3.63, 3.8) is 0 Å². The average Bonchev–Trinajstić information content (AvgIpc) is 3.34. The van der Waals surface area contributed by atoms with Crippen molar-refractivity contribution in [1.82, 2.24) is 19.8 Å². The summed E-state index contributed by atoms with van der Waals surface area (Å²) in [4.78, 5) is 34.5. The predicted octanol–water partition coefficient (Wildman–Crippen LogP) is 2.78. The first-order valence-corrected chi connectivity index (χ1v) is 12.9. The molecule has 0 aliphatic carbocycles. The Morgan fingerprint density at radius 2 is 2.14 bits per heavy atom. The van der Waals surface area contributed by atoms with E-state index in [1.54, 1.807) is 19.0 Å². The van der Waals surface area contributed by atoms with Crippen LogP contribution in [0, 0.1) is 0 Å². The molecule has 0 bridgehead atoms. The molecule has 0 radical (unpaired) electrons. The molecule has 1 saturated heterocycles. The fourth-order valence-corrected chi connectivity index (χ4v) is 6.12. The Labute approximate surface area is 209 Å². The number of hydrogen-bond acceptors (Lipinski definition) is 6. The van der Waals surface area contributed by atoms with Gasteiger partial charge in [-0.15, -0.1) is 0 Å². The molecule has 1 atom stereocenters. The number of hydrogen-bond donors (Lipinski definition) is 1. The lowest BCUT2D eigenvalue weighted by molar-refractivity contribution is -0.127. The highest BCUT2D eigenvalue weighted by molar-refractivity contribution is 7.17. The molecule has 186 valence electrons. The number of carbonyl (C=O) groups is 2. The van der Waals surface area contributed by atoms with E-state index in [0.29, 0.717) is 19.6 Å². The zero-order valence-corrected chi connectivity index (χ0v) is 21.9. The van der Waals surface area contributed by atoms with Crippen LogP contribution in [-0.2, 0) is 35.8 Å². The van der Waals surface area contributed by atoms with Gasteiger partial charge in [-0.3, -0.25) is 9.59 Å². The highest BCUT2D eigenvalue weighted by Crippen LogP contribution is 2.34. The van der Waals surface area contributed by atoms with E-state index in [-0.39, 0.29) is 23.4 Å². The van der Waals surface area contributed by atoms with Gasteiger partial charge < -0.3 is 24.4 Å². The number of likely N-dealkylation sites (N-methyl/N-ethyl adjacent to an activating group) is 1. The second kappa shape index (κ2) is 8.95. The van der Waals surface area contributed by atoms with Crippen LogP contribution in [0.25, 0.3) is 10.9 Å². The van der Waals surface area contributed by atoms with Crippen LogP contribution in [0.1, 0.15) is 40.3 Å². The maximum absolute atomic E-state index is 12.7. The van der Waals surface area contributed by atoms with Crippen LogP contribution in [0.15, 0.2) is 24.4 Å². The van der Waals surface area contributed by atoms with E-state index in [1.807, 2.05) is 19.9 Å². The van der Waals surface area contributed by atoms with Gasteiger partial charge in [-0.2, -0.15) is 0 Å². The molecule has 1 N–H and O–H groups in total. The Kier molecular flexibility index (Phi) is 6.09. The maximum atomic E-state index is 12.7. The van der Waals surface area contributed by atoms with Crippen molar-refractivity contribution in [1.29, 1.82) is 0 Å². The molecular weight excluding hydrogens is 462 g/mol. The Hall–Kier alpha value is -2.91. The van der Waals surface area contributed by atoms with Gasteiger partial charge in [-0.05, 0) is 43.5 Å². The number of aryl methyl sites for hydroxylation is 1. The smallest absolute Gasteiger partial charge is 0.263 e. The number of nitrogens with one attached hydrogen (secondary N) is 1. The van der Waals surface area contributed by atoms with Crippen LogP contribution in [0.4, 0.5) is 5.13 Å². The molecule has 1 aromatic carbocycles. The number of benzene rings is 1. The van der Waals surface area contributed by atoms with Crippen LogP contribution in [0.5, 0.6) is 0 Å². The number of morpholine rings is 1. The van der Waals surface area contributed by atoms with Crippen LogP contribution in [0.2, 0.25) is 0 Å². The van der Waals surface area contributed by atoms with E-state index in [0.717, 1.165) is 46.2 Å². The molecule has 9 heteroatoms. The lowest BCUT2D eigenvalue weighted by Crippen LogP contribution is -2.48. The summed E-state index contributed by atoms with van der Waals surface area (Å²) in [5.74, 6) is 0.0623. The summed E-state index contributed by atoms with van der Waals surface area (Å²) in [6.45, 7) is 6.06. The first-order valence-electron chi connectivity index (χ1n) is 12.0. The molecule has 0 unspecified atom stereocenters. The molecule has 2 aliphatic rings. The number of carbonyl (C=O) groups excluding carboxylic acids is 2. The van der Waals surface area contributed by atoms with Gasteiger partial charge in [-0.1, -0.05) is 17.4 Å². The minimum atomic E-state index is -0.283. The monoisotopic (exact) mass is 495 g/mol. The maximum Gasteiger partial charge on any atom is 0.263 e. The van der Waals surface area contributed by atoms with E-state index < -0.39 is 0 Å². The van der Waals surface area contributed by atoms with Gasteiger partial charge in [-0.25, -0.2) is 4.98 Å². The highest BCUT2D eigenvalue weighted by Gasteiger charge is 2.35. The fraction of sp³-hybridized carbons (Fsp3) is 0.500. The molecule has 2 aromatic heterocycles. The summed E-state index contributed by atoms with van der Waals surface area (Å²) in [5, 5.41) is 5.15. The number of rotatable bonds is 5. The molecule has 4 heterocycles. The third-order valence-corrected chi connectivity index (χ3v) is 8.01. The third kappa shape index (κ3) is 4.67. The van der Waals surface area contributed by atoms with E-state index in [2.05, 4.69) is 40.2 Å². The number of ether oxygens (including phenoxy) is 1. The van der Waals surface area contributed by atoms with Gasteiger partial charge in [0.2, 0.25) is 5.91 Å². The standard InChI is InChI=1S/C26H33N5O3S/c1-26(2)13-20-23(24(33)28-26)35-25(27-20)31-8-9-34-15-18(31)12-17-14-30(5)21-7-6-16(10-19(17)21)11-22(32)29(3)4/h6-7,10,14,18H,8-9,11-13,15H2,1-5H3,(H,28,33)/t18-/m0/s1. The Balaban J connectivity index is 1.43. The van der Waals surface area contributed by atoms with Crippen LogP contribution >= 0.6 is 11.3 Å². The van der Waals surface area contributed by atoms with Crippen molar-refractivity contribution in [2.45, 2.75) is 44.7 Å². The lowest BCUT2D eigenvalue weighted by Gasteiger charge is -2.35. The molecule has 0 spiro atoms. The first kappa shape index (κ1) is 23.8. The van der Waals surface area contributed by atoms with Gasteiger partial charge >= 0.3 is 0 Å². The van der Waals surface area contributed by atoms with Crippen molar-refractivity contribution in [3.05, 3.63) is 46.1 Å². The molecule has 1 fully saturated rings. The van der Waals surface area contributed by atoms with E-state index in [1.165, 1.54) is 22.3 Å². The Morgan fingerprint density at radius 3 is 2.91 bits per heavy atom. The number of thiazole rings is 1. The Morgan fingerprint density at radius 1 is 1.34 bits per heavy atom. The summed E-state index contributed by atoms with van der Waals surface area (Å²) in [6, 6.07) is 6.40. The predicted molar refractivity (Wildman–Crippen MR) is 138 cm³/mol. The van der Waals surface area contributed by atoms with Crippen molar-refractivity contribution in [2.24, 2.45) is 7.05 Å². The van der Waals surface area contributed by atoms with Gasteiger partial charge in [0.25, 0.3) is 5.91 Å². The topological polar surface area (TPSA) is 79.7 Å². The van der Waals surface area contributed by atoms with Gasteiger partial charge in [0.05, 0.1) is 31.4 Å². The molecule has 2 amide bonds. The summed E-state index contributed by atoms with van der Waals surface area (Å²) >= 11 is 1.49. The highest BCUT2D eigenvalue weighted by atomic mass is 32.1. The molecule has 3 aromatic rings. The third-order valence-electron chi connectivity index (χ3n) is 6.87. The van der Waals surface area contributed by atoms with E-state index in [9.17, 15) is 9.59 Å². The van der Waals surface area contributed by atoms with Gasteiger partial charge in [0, 0.05) is 56.7 Å². The van der Waals surface area contributed by atoms with Crippen molar-refractivity contribution < 1.29 is 14.3 Å². The summed E-state index contributed by atoms with van der Waals surface area (Å²) in [7, 11) is 5.63. The summed E-state index contributed by atoms with van der Waals surface area (Å²) in [6.07, 6.45) is 4.10. The lowest BCUT2D eigenvalue weighted by atomic mass is 9.94. The Bertz CT molecular complexity index is 1290. The quantitative estimate of drug-likeness (QED) is 0.589. The SMILES string of the molecule is CN(C)C(=O)Cc1ccc2c(c1)c(C[C@H]1COCCN1c1nc3c(s1)C(=O)NC(C)(C)C3)cn2C. The minimum absolute atomic E-state index is 0.0290. The largest absolute Gasteiger partial charge is 0.377 e. The van der Waals surface area contributed by atoms with E-state index >= 15 is 0 Å². The normalized spacial score (nSPS) is 19.5. The second-order valence-electron chi connectivity index (χ2n) is 10.5. The first-order chi connectivity index (χ1) is 16.6. The molecule has 5 rings (SSSR count). The second-order valence-corrected chi connectivity index (χ2v) is 11.5. The number of anilines is 1. The van der Waals surface area contributed by atoms with Crippen molar-refractivity contribution >= 4 is 39.2 Å². The summed E-state index contributed by atoms with van der Waals surface area (Å²) in [5.41, 5.74) is 4.00. The molecular formula is C26H33N5O3S. The van der Waals surface area contributed by atoms with Crippen LogP contribution < -0.4 is 10.2 Å². The number of amides is 2. The summed E-state index contributed by atoms with van der Waals surface area (Å²) < 4.78 is 8.03. The van der Waals surface area contributed by atoms with Crippen molar-refractivity contribution in [3.8, 4) is 0 Å². The molecule has 0 saturated carbocycles. The zero-order valence-electron chi connectivity index (χ0n) is 21.1.